The summed E-state index contributed by atoms with van der Waals surface area (Å²) < 4.78 is 53.3. The summed E-state index contributed by atoms with van der Waals surface area (Å²) >= 11 is 0. The van der Waals surface area contributed by atoms with Gasteiger partial charge in [0.15, 0.2) is 0 Å². The monoisotopic (exact) mass is 554 g/mol. The number of rotatable bonds is 5. The standard InChI is InChI=1S/C26H30F4N4O5/c1-14-12-32(13-22(35)33(14)18-6-4-5-7-18)24(37)19-10-17(8-9-20(19)27)11-21-15(2)16(3)23(36)31-34(21)39-25(38)26(28,29)30/h8-10,14,16,18H,4-7,11-13H2,1-3H3,(H,31,36). The lowest BCUT2D eigenvalue weighted by atomic mass is 9.94. The number of nitrogens with zero attached hydrogens (tertiary/aromatic N) is 3. The van der Waals surface area contributed by atoms with E-state index in [-0.39, 0.29) is 48.8 Å². The van der Waals surface area contributed by atoms with Gasteiger partial charge in [-0.25, -0.2) is 14.6 Å². The molecule has 1 saturated heterocycles. The third-order valence-corrected chi connectivity index (χ3v) is 7.57. The van der Waals surface area contributed by atoms with Crippen molar-refractivity contribution in [2.24, 2.45) is 5.92 Å². The fraction of sp³-hybridized carbons (Fsp3) is 0.538. The Morgan fingerprint density at radius 1 is 1.13 bits per heavy atom. The maximum atomic E-state index is 14.8. The molecular weight excluding hydrogens is 524 g/mol. The van der Waals surface area contributed by atoms with Gasteiger partial charge in [0.1, 0.15) is 12.4 Å². The highest BCUT2D eigenvalue weighted by atomic mass is 19.4. The summed E-state index contributed by atoms with van der Waals surface area (Å²) in [7, 11) is 0. The Morgan fingerprint density at radius 3 is 2.41 bits per heavy atom. The number of carbonyl (C=O) groups excluding carboxylic acids is 4. The van der Waals surface area contributed by atoms with Crippen molar-refractivity contribution in [3.63, 3.8) is 0 Å². The van der Waals surface area contributed by atoms with Crippen molar-refractivity contribution < 1.29 is 41.6 Å². The molecule has 13 heteroatoms. The van der Waals surface area contributed by atoms with Crippen LogP contribution in [0.3, 0.4) is 0 Å². The first-order chi connectivity index (χ1) is 18.3. The van der Waals surface area contributed by atoms with Gasteiger partial charge in [0.05, 0.1) is 17.2 Å². The zero-order valence-electron chi connectivity index (χ0n) is 21.8. The van der Waals surface area contributed by atoms with E-state index < -0.39 is 35.7 Å². The molecule has 212 valence electrons. The summed E-state index contributed by atoms with van der Waals surface area (Å²) in [4.78, 5) is 57.4. The van der Waals surface area contributed by atoms with Crippen LogP contribution in [-0.2, 0) is 25.6 Å². The zero-order chi connectivity index (χ0) is 28.6. The predicted octanol–water partition coefficient (Wildman–Crippen LogP) is 3.26. The van der Waals surface area contributed by atoms with Crippen molar-refractivity contribution in [1.29, 1.82) is 0 Å². The first-order valence-corrected chi connectivity index (χ1v) is 12.8. The lowest BCUT2D eigenvalue weighted by Gasteiger charge is -2.42. The molecule has 2 fully saturated rings. The number of halogens is 4. The van der Waals surface area contributed by atoms with Crippen LogP contribution >= 0.6 is 0 Å². The van der Waals surface area contributed by atoms with Crippen molar-refractivity contribution in [1.82, 2.24) is 20.4 Å². The molecule has 0 bridgehead atoms. The van der Waals surface area contributed by atoms with E-state index in [9.17, 15) is 36.7 Å². The normalized spacial score (nSPS) is 22.9. The third-order valence-electron chi connectivity index (χ3n) is 7.57. The lowest BCUT2D eigenvalue weighted by molar-refractivity contribution is -0.242. The number of nitrogens with one attached hydrogen (secondary N) is 1. The second kappa shape index (κ2) is 10.9. The van der Waals surface area contributed by atoms with Crippen LogP contribution in [-0.4, -0.2) is 70.0 Å². The second-order valence-electron chi connectivity index (χ2n) is 10.3. The van der Waals surface area contributed by atoms with Gasteiger partial charge in [-0.1, -0.05) is 18.9 Å². The van der Waals surface area contributed by atoms with Crippen molar-refractivity contribution in [3.05, 3.63) is 46.4 Å². The topological polar surface area (TPSA) is 99.3 Å². The molecule has 0 spiro atoms. The number of amides is 3. The van der Waals surface area contributed by atoms with E-state index in [1.54, 1.807) is 0 Å². The molecule has 0 radical (unpaired) electrons. The van der Waals surface area contributed by atoms with Crippen LogP contribution in [0, 0.1) is 11.7 Å². The molecule has 4 rings (SSSR count). The quantitative estimate of drug-likeness (QED) is 0.562. The Hall–Kier alpha value is -3.64. The van der Waals surface area contributed by atoms with Gasteiger partial charge in [-0.05, 0) is 56.9 Å². The zero-order valence-corrected chi connectivity index (χ0v) is 21.8. The van der Waals surface area contributed by atoms with E-state index in [1.165, 1.54) is 30.9 Å². The number of allylic oxidation sites excluding steroid dienone is 1. The molecule has 0 aromatic heterocycles. The minimum Gasteiger partial charge on any atom is -0.334 e. The van der Waals surface area contributed by atoms with Crippen molar-refractivity contribution in [3.8, 4) is 0 Å². The van der Waals surface area contributed by atoms with E-state index in [0.29, 0.717) is 16.3 Å². The highest BCUT2D eigenvalue weighted by molar-refractivity contribution is 5.97. The Labute approximate surface area is 222 Å². The van der Waals surface area contributed by atoms with Crippen molar-refractivity contribution in [2.75, 3.05) is 13.1 Å². The molecular formula is C26H30F4N4O5. The van der Waals surface area contributed by atoms with E-state index in [2.05, 4.69) is 10.3 Å². The van der Waals surface area contributed by atoms with Crippen molar-refractivity contribution >= 4 is 23.7 Å². The number of hydrogen-bond donors (Lipinski definition) is 1. The molecule has 1 aromatic carbocycles. The highest BCUT2D eigenvalue weighted by Gasteiger charge is 2.44. The van der Waals surface area contributed by atoms with E-state index >= 15 is 0 Å². The molecule has 2 aliphatic heterocycles. The highest BCUT2D eigenvalue weighted by Crippen LogP contribution is 2.30. The summed E-state index contributed by atoms with van der Waals surface area (Å²) in [5.74, 6) is -5.66. The average Bonchev–Trinajstić information content (AvgIpc) is 3.39. The van der Waals surface area contributed by atoms with Crippen LogP contribution in [0.4, 0.5) is 17.6 Å². The van der Waals surface area contributed by atoms with Crippen LogP contribution < -0.4 is 5.43 Å². The number of carbonyl (C=O) groups is 4. The number of benzene rings is 1. The summed E-state index contributed by atoms with van der Waals surface area (Å²) in [6.45, 7) is 4.93. The maximum Gasteiger partial charge on any atom is 0.493 e. The number of hydrogen-bond acceptors (Lipinski definition) is 6. The molecule has 2 atom stereocenters. The minimum atomic E-state index is -5.31. The van der Waals surface area contributed by atoms with Gasteiger partial charge < -0.3 is 14.6 Å². The van der Waals surface area contributed by atoms with Gasteiger partial charge in [-0.15, -0.1) is 5.17 Å². The van der Waals surface area contributed by atoms with E-state index in [4.69, 9.17) is 0 Å². The summed E-state index contributed by atoms with van der Waals surface area (Å²) in [5, 5.41) is 0.362. The van der Waals surface area contributed by atoms with Gasteiger partial charge in [0.25, 0.3) is 5.91 Å². The first kappa shape index (κ1) is 28.4. The number of hydroxylamine groups is 1. The molecule has 2 unspecified atom stereocenters. The van der Waals surface area contributed by atoms with Crippen LogP contribution in [0.25, 0.3) is 0 Å². The van der Waals surface area contributed by atoms with Crippen LogP contribution in [0.2, 0.25) is 0 Å². The third kappa shape index (κ3) is 5.86. The van der Waals surface area contributed by atoms with Gasteiger partial charge in [-0.3, -0.25) is 14.4 Å². The fourth-order valence-electron chi connectivity index (χ4n) is 5.37. The average molecular weight is 555 g/mol. The van der Waals surface area contributed by atoms with Crippen molar-refractivity contribution in [2.45, 2.75) is 71.1 Å². The molecule has 1 N–H and O–H groups in total. The molecule has 3 aliphatic rings. The SMILES string of the molecule is CC1=C(Cc2ccc(F)c(C(=O)N3CC(=O)N(C4CCCC4)C(C)C3)c2)N(OC(=O)C(F)(F)F)NC(=O)C1C. The maximum absolute atomic E-state index is 14.8. The molecule has 3 amide bonds. The largest absolute Gasteiger partial charge is 0.493 e. The Balaban J connectivity index is 1.55. The van der Waals surface area contributed by atoms with Crippen LogP contribution in [0.1, 0.15) is 62.4 Å². The van der Waals surface area contributed by atoms with Gasteiger partial charge in [-0.2, -0.15) is 13.2 Å². The lowest BCUT2D eigenvalue weighted by Crippen LogP contribution is -2.59. The summed E-state index contributed by atoms with van der Waals surface area (Å²) in [5.41, 5.74) is 2.48. The Kier molecular flexibility index (Phi) is 7.89. The van der Waals surface area contributed by atoms with Gasteiger partial charge in [0, 0.05) is 25.0 Å². The number of alkyl halides is 3. The summed E-state index contributed by atoms with van der Waals surface area (Å²) in [6, 6.07) is 3.55. The number of piperazine rings is 1. The molecule has 39 heavy (non-hydrogen) atoms. The molecule has 2 heterocycles. The molecule has 1 saturated carbocycles. The minimum absolute atomic E-state index is 0.0266. The van der Waals surface area contributed by atoms with Crippen LogP contribution in [0.15, 0.2) is 29.5 Å². The molecule has 9 nitrogen and oxygen atoms in total. The van der Waals surface area contributed by atoms with Gasteiger partial charge in [0.2, 0.25) is 11.8 Å². The Morgan fingerprint density at radius 2 is 1.79 bits per heavy atom. The molecule has 1 aromatic rings. The first-order valence-electron chi connectivity index (χ1n) is 12.8. The van der Waals surface area contributed by atoms with E-state index in [0.717, 1.165) is 31.7 Å². The van der Waals surface area contributed by atoms with Gasteiger partial charge >= 0.3 is 12.1 Å². The molecule has 1 aliphatic carbocycles. The number of hydrazine groups is 1. The smallest absolute Gasteiger partial charge is 0.334 e. The fourth-order valence-corrected chi connectivity index (χ4v) is 5.37. The Bertz CT molecular complexity index is 1210. The predicted molar refractivity (Wildman–Crippen MR) is 129 cm³/mol. The summed E-state index contributed by atoms with van der Waals surface area (Å²) in [6.07, 6.45) is -1.56. The second-order valence-corrected chi connectivity index (χ2v) is 10.3. The van der Waals surface area contributed by atoms with Crippen LogP contribution in [0.5, 0.6) is 0 Å². The van der Waals surface area contributed by atoms with E-state index in [1.807, 2.05) is 11.8 Å².